The SMILES string of the molecule is O=C(CO[C@H]1CO[C@H]2[C@@H]1OC[C@H]2OCc1ccccc1)ON1C(=O)CCC1=O. The highest BCUT2D eigenvalue weighted by Crippen LogP contribution is 2.31. The lowest BCUT2D eigenvalue weighted by Gasteiger charge is -2.18. The molecule has 9 heteroatoms. The van der Waals surface area contributed by atoms with Gasteiger partial charge in [0.1, 0.15) is 31.0 Å². The van der Waals surface area contributed by atoms with Crippen LogP contribution in [0.3, 0.4) is 0 Å². The largest absolute Gasteiger partial charge is 0.370 e. The van der Waals surface area contributed by atoms with E-state index in [9.17, 15) is 14.4 Å². The fraction of sp³-hybridized carbons (Fsp3) is 0.526. The highest BCUT2D eigenvalue weighted by Gasteiger charge is 2.49. The number of carbonyl (C=O) groups is 3. The number of carbonyl (C=O) groups excluding carboxylic acids is 3. The summed E-state index contributed by atoms with van der Waals surface area (Å²) in [5.41, 5.74) is 1.06. The fourth-order valence-corrected chi connectivity index (χ4v) is 3.45. The minimum atomic E-state index is -0.818. The van der Waals surface area contributed by atoms with E-state index in [2.05, 4.69) is 0 Å². The Morgan fingerprint density at radius 1 is 0.964 bits per heavy atom. The molecule has 3 saturated heterocycles. The van der Waals surface area contributed by atoms with Gasteiger partial charge in [-0.2, -0.15) is 0 Å². The molecule has 0 bridgehead atoms. The second kappa shape index (κ2) is 8.36. The molecule has 9 nitrogen and oxygen atoms in total. The van der Waals surface area contributed by atoms with E-state index < -0.39 is 30.5 Å². The minimum Gasteiger partial charge on any atom is -0.370 e. The Labute approximate surface area is 161 Å². The van der Waals surface area contributed by atoms with E-state index in [-0.39, 0.29) is 37.8 Å². The zero-order valence-electron chi connectivity index (χ0n) is 15.2. The minimum absolute atomic E-state index is 0.0470. The number of rotatable bonds is 7. The zero-order chi connectivity index (χ0) is 19.5. The van der Waals surface area contributed by atoms with Crippen LogP contribution in [0, 0.1) is 0 Å². The molecule has 1 aromatic rings. The number of fused-ring (bicyclic) bond motifs is 1. The van der Waals surface area contributed by atoms with Crippen LogP contribution >= 0.6 is 0 Å². The molecule has 3 aliphatic heterocycles. The summed E-state index contributed by atoms with van der Waals surface area (Å²) in [4.78, 5) is 39.6. The van der Waals surface area contributed by atoms with Crippen LogP contribution in [-0.2, 0) is 44.8 Å². The number of hydrogen-bond acceptors (Lipinski definition) is 8. The third-order valence-electron chi connectivity index (χ3n) is 4.88. The van der Waals surface area contributed by atoms with Crippen molar-refractivity contribution in [2.45, 2.75) is 43.9 Å². The second-order valence-corrected chi connectivity index (χ2v) is 6.83. The van der Waals surface area contributed by atoms with E-state index in [4.69, 9.17) is 23.8 Å². The first-order valence-electron chi connectivity index (χ1n) is 9.19. The van der Waals surface area contributed by atoms with Crippen LogP contribution in [0.2, 0.25) is 0 Å². The Bertz CT molecular complexity index is 723. The van der Waals surface area contributed by atoms with Crippen LogP contribution in [0.4, 0.5) is 0 Å². The monoisotopic (exact) mass is 391 g/mol. The average Bonchev–Trinajstić information content (AvgIpc) is 3.38. The molecule has 3 aliphatic rings. The summed E-state index contributed by atoms with van der Waals surface area (Å²) in [6.07, 6.45) is -1.19. The third kappa shape index (κ3) is 4.07. The molecule has 28 heavy (non-hydrogen) atoms. The lowest BCUT2D eigenvalue weighted by molar-refractivity contribution is -0.202. The third-order valence-corrected chi connectivity index (χ3v) is 4.88. The number of benzene rings is 1. The summed E-state index contributed by atoms with van der Waals surface area (Å²) in [7, 11) is 0. The van der Waals surface area contributed by atoms with Crippen LogP contribution in [0.25, 0.3) is 0 Å². The molecular formula is C19H21NO8. The predicted octanol–water partition coefficient (Wildman–Crippen LogP) is 0.362. The molecule has 0 aliphatic carbocycles. The molecule has 0 spiro atoms. The first-order chi connectivity index (χ1) is 13.6. The maximum Gasteiger partial charge on any atom is 0.358 e. The lowest BCUT2D eigenvalue weighted by atomic mass is 10.1. The molecule has 0 aromatic heterocycles. The van der Waals surface area contributed by atoms with Crippen molar-refractivity contribution in [1.82, 2.24) is 5.06 Å². The number of imide groups is 1. The van der Waals surface area contributed by atoms with Crippen LogP contribution < -0.4 is 0 Å². The summed E-state index contributed by atoms with van der Waals surface area (Å²) >= 11 is 0. The molecule has 150 valence electrons. The molecule has 0 radical (unpaired) electrons. The highest BCUT2D eigenvalue weighted by atomic mass is 16.7. The van der Waals surface area contributed by atoms with Crippen molar-refractivity contribution in [2.75, 3.05) is 19.8 Å². The first-order valence-corrected chi connectivity index (χ1v) is 9.19. The zero-order valence-corrected chi connectivity index (χ0v) is 15.2. The topological polar surface area (TPSA) is 101 Å². The van der Waals surface area contributed by atoms with E-state index in [0.29, 0.717) is 18.3 Å². The normalized spacial score (nSPS) is 29.4. The highest BCUT2D eigenvalue weighted by molar-refractivity contribution is 6.01. The van der Waals surface area contributed by atoms with Crippen molar-refractivity contribution >= 4 is 17.8 Å². The van der Waals surface area contributed by atoms with Gasteiger partial charge in [0.25, 0.3) is 11.8 Å². The number of nitrogens with zero attached hydrogens (tertiary/aromatic N) is 1. The predicted molar refractivity (Wildman–Crippen MR) is 91.4 cm³/mol. The van der Waals surface area contributed by atoms with Crippen molar-refractivity contribution in [3.05, 3.63) is 35.9 Å². The van der Waals surface area contributed by atoms with Gasteiger partial charge in [0, 0.05) is 12.8 Å². The summed E-state index contributed by atoms with van der Waals surface area (Å²) in [6, 6.07) is 9.81. The van der Waals surface area contributed by atoms with E-state index in [1.54, 1.807) is 0 Å². The molecule has 2 amide bonds. The fourth-order valence-electron chi connectivity index (χ4n) is 3.45. The van der Waals surface area contributed by atoms with Gasteiger partial charge in [0.05, 0.1) is 19.8 Å². The second-order valence-electron chi connectivity index (χ2n) is 6.83. The Balaban J connectivity index is 1.23. The summed E-state index contributed by atoms with van der Waals surface area (Å²) in [6.45, 7) is 0.684. The maximum absolute atomic E-state index is 11.9. The van der Waals surface area contributed by atoms with Gasteiger partial charge in [-0.05, 0) is 5.56 Å². The van der Waals surface area contributed by atoms with Crippen LogP contribution in [0.15, 0.2) is 30.3 Å². The van der Waals surface area contributed by atoms with Crippen LogP contribution in [-0.4, -0.2) is 67.1 Å². The van der Waals surface area contributed by atoms with Gasteiger partial charge in [-0.3, -0.25) is 9.59 Å². The molecule has 4 rings (SSSR count). The van der Waals surface area contributed by atoms with Gasteiger partial charge in [-0.15, -0.1) is 5.06 Å². The van der Waals surface area contributed by atoms with Gasteiger partial charge in [0.2, 0.25) is 0 Å². The van der Waals surface area contributed by atoms with E-state index >= 15 is 0 Å². The molecular weight excluding hydrogens is 370 g/mol. The summed E-state index contributed by atoms with van der Waals surface area (Å²) in [5, 5.41) is 0.499. The number of amides is 2. The van der Waals surface area contributed by atoms with E-state index in [1.807, 2.05) is 30.3 Å². The molecule has 3 fully saturated rings. The van der Waals surface area contributed by atoms with Crippen molar-refractivity contribution in [1.29, 1.82) is 0 Å². The molecule has 4 atom stereocenters. The first kappa shape index (κ1) is 19.0. The van der Waals surface area contributed by atoms with Crippen LogP contribution in [0.5, 0.6) is 0 Å². The smallest absolute Gasteiger partial charge is 0.358 e. The van der Waals surface area contributed by atoms with Crippen molar-refractivity contribution in [3.63, 3.8) is 0 Å². The van der Waals surface area contributed by atoms with Gasteiger partial charge >= 0.3 is 5.97 Å². The Hall–Kier alpha value is -2.33. The standard InChI is InChI=1S/C19H21NO8/c21-15-6-7-16(22)20(15)28-17(23)11-25-14-10-27-18-13(9-26-19(14)18)24-8-12-4-2-1-3-5-12/h1-5,13-14,18-19H,6-11H2/t13-,14+,18-,19-/m1/s1. The number of hydrogen-bond donors (Lipinski definition) is 0. The number of hydroxylamine groups is 2. The van der Waals surface area contributed by atoms with E-state index in [1.165, 1.54) is 0 Å². The van der Waals surface area contributed by atoms with Crippen molar-refractivity contribution in [3.8, 4) is 0 Å². The quantitative estimate of drug-likeness (QED) is 0.615. The summed E-state index contributed by atoms with van der Waals surface area (Å²) in [5.74, 6) is -1.87. The summed E-state index contributed by atoms with van der Waals surface area (Å²) < 4.78 is 22.9. The van der Waals surface area contributed by atoms with Gasteiger partial charge in [0.15, 0.2) is 0 Å². The molecule has 1 aromatic carbocycles. The van der Waals surface area contributed by atoms with Crippen molar-refractivity contribution in [2.24, 2.45) is 0 Å². The van der Waals surface area contributed by atoms with Crippen molar-refractivity contribution < 1.29 is 38.2 Å². The molecule has 3 heterocycles. The lowest BCUT2D eigenvalue weighted by Crippen LogP contribution is -2.37. The van der Waals surface area contributed by atoms with E-state index in [0.717, 1.165) is 5.56 Å². The van der Waals surface area contributed by atoms with Gasteiger partial charge < -0.3 is 23.8 Å². The molecule has 0 N–H and O–H groups in total. The average molecular weight is 391 g/mol. The Kier molecular flexibility index (Phi) is 5.67. The molecule has 0 saturated carbocycles. The Morgan fingerprint density at radius 3 is 2.21 bits per heavy atom. The van der Waals surface area contributed by atoms with Gasteiger partial charge in [-0.1, -0.05) is 30.3 Å². The van der Waals surface area contributed by atoms with Gasteiger partial charge in [-0.25, -0.2) is 4.79 Å². The van der Waals surface area contributed by atoms with Crippen LogP contribution in [0.1, 0.15) is 18.4 Å². The maximum atomic E-state index is 11.9. The number of ether oxygens (including phenoxy) is 4. The Morgan fingerprint density at radius 2 is 1.57 bits per heavy atom. The molecule has 0 unspecified atom stereocenters.